The van der Waals surface area contributed by atoms with Crippen LogP contribution in [0.25, 0.3) is 0 Å². The van der Waals surface area contributed by atoms with Crippen molar-refractivity contribution in [2.24, 2.45) is 5.92 Å². The van der Waals surface area contributed by atoms with E-state index >= 15 is 0 Å². The van der Waals surface area contributed by atoms with Crippen LogP contribution in [0.5, 0.6) is 0 Å². The van der Waals surface area contributed by atoms with Crippen LogP contribution in [0.3, 0.4) is 0 Å². The predicted octanol–water partition coefficient (Wildman–Crippen LogP) is 2.71. The highest BCUT2D eigenvalue weighted by molar-refractivity contribution is 5.87. The third kappa shape index (κ3) is 2.87. The average Bonchev–Trinajstić information content (AvgIpc) is 1.85. The Balaban J connectivity index is 2.52. The SMILES string of the molecule is CC(=O)/C=C1/CCCC(C)C1. The molecule has 0 amide bonds. The predicted molar refractivity (Wildman–Crippen MR) is 46.4 cm³/mol. The minimum atomic E-state index is 0.203. The molecule has 1 rings (SSSR count). The van der Waals surface area contributed by atoms with E-state index in [-0.39, 0.29) is 5.78 Å². The van der Waals surface area contributed by atoms with Crippen LogP contribution >= 0.6 is 0 Å². The number of hydrogen-bond acceptors (Lipinski definition) is 1. The van der Waals surface area contributed by atoms with Gasteiger partial charge in [0.15, 0.2) is 5.78 Å². The summed E-state index contributed by atoms with van der Waals surface area (Å²) < 4.78 is 0. The van der Waals surface area contributed by atoms with Gasteiger partial charge in [-0.2, -0.15) is 0 Å². The van der Waals surface area contributed by atoms with Gasteiger partial charge in [0.2, 0.25) is 0 Å². The Labute approximate surface area is 68.5 Å². The second kappa shape index (κ2) is 3.70. The van der Waals surface area contributed by atoms with Crippen LogP contribution in [0.15, 0.2) is 11.6 Å². The molecule has 1 heteroatoms. The Bertz CT molecular complexity index is 179. The number of ketones is 1. The minimum absolute atomic E-state index is 0.203. The fraction of sp³-hybridized carbons (Fsp3) is 0.700. The zero-order valence-electron chi connectivity index (χ0n) is 7.39. The second-order valence-corrected chi connectivity index (χ2v) is 3.61. The highest BCUT2D eigenvalue weighted by Crippen LogP contribution is 2.27. The van der Waals surface area contributed by atoms with Gasteiger partial charge in [0, 0.05) is 0 Å². The lowest BCUT2D eigenvalue weighted by molar-refractivity contribution is -0.112. The molecule has 1 atom stereocenters. The first-order chi connectivity index (χ1) is 5.18. The molecule has 1 fully saturated rings. The Hall–Kier alpha value is -0.590. The summed E-state index contributed by atoms with van der Waals surface area (Å²) in [7, 11) is 0. The topological polar surface area (TPSA) is 17.1 Å². The molecule has 62 valence electrons. The summed E-state index contributed by atoms with van der Waals surface area (Å²) in [5.74, 6) is 0.989. The van der Waals surface area contributed by atoms with E-state index in [9.17, 15) is 4.79 Å². The van der Waals surface area contributed by atoms with Gasteiger partial charge >= 0.3 is 0 Å². The van der Waals surface area contributed by atoms with Crippen LogP contribution < -0.4 is 0 Å². The zero-order chi connectivity index (χ0) is 8.27. The van der Waals surface area contributed by atoms with Crippen molar-refractivity contribution in [3.8, 4) is 0 Å². The van der Waals surface area contributed by atoms with Gasteiger partial charge < -0.3 is 0 Å². The lowest BCUT2D eigenvalue weighted by Gasteiger charge is -2.19. The summed E-state index contributed by atoms with van der Waals surface area (Å²) in [5, 5.41) is 0. The van der Waals surface area contributed by atoms with Crippen molar-refractivity contribution in [3.05, 3.63) is 11.6 Å². The van der Waals surface area contributed by atoms with Gasteiger partial charge in [0.1, 0.15) is 0 Å². The molecule has 0 heterocycles. The van der Waals surface area contributed by atoms with Crippen LogP contribution in [-0.4, -0.2) is 5.78 Å². The van der Waals surface area contributed by atoms with E-state index in [1.807, 2.05) is 6.08 Å². The second-order valence-electron chi connectivity index (χ2n) is 3.61. The van der Waals surface area contributed by atoms with Crippen LogP contribution in [0.4, 0.5) is 0 Å². The normalized spacial score (nSPS) is 28.9. The van der Waals surface area contributed by atoms with E-state index < -0.39 is 0 Å². The van der Waals surface area contributed by atoms with E-state index in [2.05, 4.69) is 6.92 Å². The summed E-state index contributed by atoms with van der Waals surface area (Å²) in [6.07, 6.45) is 6.69. The van der Waals surface area contributed by atoms with Gasteiger partial charge in [-0.15, -0.1) is 0 Å². The lowest BCUT2D eigenvalue weighted by Crippen LogP contribution is -2.05. The molecule has 1 nitrogen and oxygen atoms in total. The van der Waals surface area contributed by atoms with Crippen LogP contribution in [-0.2, 0) is 4.79 Å². The molecule has 1 aliphatic carbocycles. The fourth-order valence-corrected chi connectivity index (χ4v) is 1.75. The maximum Gasteiger partial charge on any atom is 0.152 e. The molecule has 0 aromatic rings. The first-order valence-electron chi connectivity index (χ1n) is 4.38. The summed E-state index contributed by atoms with van der Waals surface area (Å²) in [6.45, 7) is 3.89. The molecule has 0 N–H and O–H groups in total. The van der Waals surface area contributed by atoms with Gasteiger partial charge in [-0.3, -0.25) is 4.79 Å². The molecule has 1 saturated carbocycles. The minimum Gasteiger partial charge on any atom is -0.295 e. The number of carbonyl (C=O) groups is 1. The smallest absolute Gasteiger partial charge is 0.152 e. The Kier molecular flexibility index (Phi) is 2.86. The van der Waals surface area contributed by atoms with E-state index in [0.717, 1.165) is 18.8 Å². The maximum absolute atomic E-state index is 10.7. The van der Waals surface area contributed by atoms with E-state index in [0.29, 0.717) is 0 Å². The third-order valence-electron chi connectivity index (χ3n) is 2.21. The monoisotopic (exact) mass is 152 g/mol. The molecule has 1 aliphatic rings. The largest absolute Gasteiger partial charge is 0.295 e. The molecule has 0 aromatic carbocycles. The highest BCUT2D eigenvalue weighted by Gasteiger charge is 2.12. The first-order valence-corrected chi connectivity index (χ1v) is 4.38. The van der Waals surface area contributed by atoms with Crippen molar-refractivity contribution in [1.82, 2.24) is 0 Å². The zero-order valence-corrected chi connectivity index (χ0v) is 7.39. The van der Waals surface area contributed by atoms with Gasteiger partial charge in [-0.25, -0.2) is 0 Å². The highest BCUT2D eigenvalue weighted by atomic mass is 16.1. The van der Waals surface area contributed by atoms with Crippen LogP contribution in [0.1, 0.15) is 39.5 Å². The molecular weight excluding hydrogens is 136 g/mol. The van der Waals surface area contributed by atoms with E-state index in [1.54, 1.807) is 6.92 Å². The molecule has 0 radical (unpaired) electrons. The number of hydrogen-bond donors (Lipinski definition) is 0. The number of rotatable bonds is 1. The molecule has 0 aromatic heterocycles. The standard InChI is InChI=1S/C10H16O/c1-8-4-3-5-10(6-8)7-9(2)11/h7-8H,3-6H2,1-2H3/b10-7-. The summed E-state index contributed by atoms with van der Waals surface area (Å²) in [4.78, 5) is 10.7. The molecule has 0 saturated heterocycles. The van der Waals surface area contributed by atoms with Crippen molar-refractivity contribution in [1.29, 1.82) is 0 Å². The summed E-state index contributed by atoms with van der Waals surface area (Å²) in [5.41, 5.74) is 1.36. The third-order valence-corrected chi connectivity index (χ3v) is 2.21. The molecule has 0 spiro atoms. The van der Waals surface area contributed by atoms with Crippen LogP contribution in [0.2, 0.25) is 0 Å². The Morgan fingerprint density at radius 2 is 2.36 bits per heavy atom. The molecular formula is C10H16O. The average molecular weight is 152 g/mol. The van der Waals surface area contributed by atoms with Crippen molar-refractivity contribution in [2.75, 3.05) is 0 Å². The van der Waals surface area contributed by atoms with Gasteiger partial charge in [-0.1, -0.05) is 18.9 Å². The first kappa shape index (κ1) is 8.51. The van der Waals surface area contributed by atoms with Gasteiger partial charge in [-0.05, 0) is 38.2 Å². The molecule has 0 aliphatic heterocycles. The Morgan fingerprint density at radius 3 is 2.91 bits per heavy atom. The van der Waals surface area contributed by atoms with Crippen molar-refractivity contribution in [3.63, 3.8) is 0 Å². The van der Waals surface area contributed by atoms with Crippen LogP contribution in [0, 0.1) is 5.92 Å². The van der Waals surface area contributed by atoms with Crippen molar-refractivity contribution >= 4 is 5.78 Å². The van der Waals surface area contributed by atoms with Gasteiger partial charge in [0.25, 0.3) is 0 Å². The molecule has 0 bridgehead atoms. The Morgan fingerprint density at radius 1 is 1.64 bits per heavy atom. The fourth-order valence-electron chi connectivity index (χ4n) is 1.75. The van der Waals surface area contributed by atoms with Crippen molar-refractivity contribution in [2.45, 2.75) is 39.5 Å². The molecule has 11 heavy (non-hydrogen) atoms. The molecule has 1 unspecified atom stereocenters. The number of carbonyl (C=O) groups excluding carboxylic acids is 1. The van der Waals surface area contributed by atoms with E-state index in [4.69, 9.17) is 0 Å². The van der Waals surface area contributed by atoms with E-state index in [1.165, 1.54) is 18.4 Å². The quantitative estimate of drug-likeness (QED) is 0.528. The summed E-state index contributed by atoms with van der Waals surface area (Å²) in [6, 6.07) is 0. The number of allylic oxidation sites excluding steroid dienone is 2. The van der Waals surface area contributed by atoms with Gasteiger partial charge in [0.05, 0.1) is 0 Å². The lowest BCUT2D eigenvalue weighted by atomic mass is 9.86. The summed E-state index contributed by atoms with van der Waals surface area (Å²) >= 11 is 0. The maximum atomic E-state index is 10.7. The van der Waals surface area contributed by atoms with Crippen molar-refractivity contribution < 1.29 is 4.79 Å².